The predicted octanol–water partition coefficient (Wildman–Crippen LogP) is 4.77. The molecule has 2 aromatic carbocycles. The third kappa shape index (κ3) is 6.82. The van der Waals surface area contributed by atoms with Crippen LogP contribution in [0.2, 0.25) is 0 Å². The topological polar surface area (TPSA) is 107 Å². The smallest absolute Gasteiger partial charge is 0.333 e. The van der Waals surface area contributed by atoms with Gasteiger partial charge in [-0.3, -0.25) is 9.69 Å². The average Bonchev–Trinajstić information content (AvgIpc) is 3.09. The minimum atomic E-state index is -1.28. The van der Waals surface area contributed by atoms with Crippen molar-refractivity contribution in [3.05, 3.63) is 76.9 Å². The van der Waals surface area contributed by atoms with E-state index in [9.17, 15) is 19.5 Å². The molecule has 0 saturated carbocycles. The van der Waals surface area contributed by atoms with Crippen LogP contribution in [0.3, 0.4) is 0 Å². The molecule has 1 fully saturated rings. The van der Waals surface area contributed by atoms with Crippen molar-refractivity contribution in [3.63, 3.8) is 0 Å². The van der Waals surface area contributed by atoms with E-state index in [-0.39, 0.29) is 11.4 Å². The number of Topliss-reactive ketones (excluding diaryl/α,β-unsaturated/α-hetero) is 1. The van der Waals surface area contributed by atoms with Gasteiger partial charge in [-0.1, -0.05) is 42.5 Å². The number of aliphatic carboxylic acids is 2. The van der Waals surface area contributed by atoms with Crippen molar-refractivity contribution in [1.29, 1.82) is 0 Å². The summed E-state index contributed by atoms with van der Waals surface area (Å²) in [6.45, 7) is 3.07. The van der Waals surface area contributed by atoms with Gasteiger partial charge < -0.3 is 15.5 Å². The number of rotatable bonds is 9. The van der Waals surface area contributed by atoms with Gasteiger partial charge >= 0.3 is 11.9 Å². The number of ketones is 1. The summed E-state index contributed by atoms with van der Waals surface area (Å²) in [7, 11) is 0. The zero-order valence-electron chi connectivity index (χ0n) is 20.5. The number of likely N-dealkylation sites (tertiary alicyclic amines) is 1. The van der Waals surface area contributed by atoms with E-state index in [4.69, 9.17) is 5.11 Å². The summed E-state index contributed by atoms with van der Waals surface area (Å²) in [4.78, 5) is 38.3. The number of piperidine rings is 1. The number of carbonyl (C=O) groups excluding carboxylic acids is 1. The van der Waals surface area contributed by atoms with Crippen LogP contribution in [0.5, 0.6) is 0 Å². The maximum atomic E-state index is 13.0. The zero-order chi connectivity index (χ0) is 25.5. The summed E-state index contributed by atoms with van der Waals surface area (Å²) < 4.78 is 0. The lowest BCUT2D eigenvalue weighted by Crippen LogP contribution is -2.33. The lowest BCUT2D eigenvalue weighted by molar-refractivity contribution is -0.135. The number of hydrogen-bond donors (Lipinski definition) is 3. The van der Waals surface area contributed by atoms with Crippen molar-refractivity contribution in [3.8, 4) is 0 Å². The van der Waals surface area contributed by atoms with Crippen LogP contribution in [-0.4, -0.2) is 52.0 Å². The van der Waals surface area contributed by atoms with E-state index < -0.39 is 18.0 Å². The highest BCUT2D eigenvalue weighted by Crippen LogP contribution is 2.29. The van der Waals surface area contributed by atoms with Gasteiger partial charge in [-0.05, 0) is 74.7 Å². The first-order valence-corrected chi connectivity index (χ1v) is 12.8. The van der Waals surface area contributed by atoms with Crippen LogP contribution in [-0.2, 0) is 22.6 Å². The Hall–Kier alpha value is -3.45. The van der Waals surface area contributed by atoms with E-state index in [1.54, 1.807) is 6.07 Å². The molecule has 1 atom stereocenters. The summed E-state index contributed by atoms with van der Waals surface area (Å²) in [5.74, 6) is -1.90. The Kier molecular flexibility index (Phi) is 8.54. The van der Waals surface area contributed by atoms with Gasteiger partial charge in [-0.15, -0.1) is 0 Å². The summed E-state index contributed by atoms with van der Waals surface area (Å²) in [5, 5.41) is 21.8. The summed E-state index contributed by atoms with van der Waals surface area (Å²) in [5.41, 5.74) is 3.50. The van der Waals surface area contributed by atoms with Crippen LogP contribution < -0.4 is 5.32 Å². The van der Waals surface area contributed by atoms with E-state index in [2.05, 4.69) is 34.5 Å². The molecule has 0 aliphatic carbocycles. The molecule has 2 aliphatic heterocycles. The highest BCUT2D eigenvalue weighted by molar-refractivity contribution is 5.98. The largest absolute Gasteiger partial charge is 0.478 e. The van der Waals surface area contributed by atoms with Crippen molar-refractivity contribution < 1.29 is 24.6 Å². The van der Waals surface area contributed by atoms with Crippen molar-refractivity contribution in [2.24, 2.45) is 5.92 Å². The lowest BCUT2D eigenvalue weighted by atomic mass is 9.90. The number of aryl methyl sites for hydroxylation is 1. The lowest BCUT2D eigenvalue weighted by Gasteiger charge is -2.32. The zero-order valence-corrected chi connectivity index (χ0v) is 20.5. The maximum Gasteiger partial charge on any atom is 0.333 e. The Balaban J connectivity index is 1.33. The van der Waals surface area contributed by atoms with Crippen LogP contribution in [0, 0.1) is 5.92 Å². The first-order valence-electron chi connectivity index (χ1n) is 12.8. The van der Waals surface area contributed by atoms with Gasteiger partial charge in [0.05, 0.1) is 11.6 Å². The first-order chi connectivity index (χ1) is 17.4. The highest BCUT2D eigenvalue weighted by Gasteiger charge is 2.26. The minimum absolute atomic E-state index is 0.0895. The fourth-order valence-corrected chi connectivity index (χ4v) is 5.29. The van der Waals surface area contributed by atoms with Gasteiger partial charge in [0.1, 0.15) is 0 Å². The van der Waals surface area contributed by atoms with E-state index in [1.165, 1.54) is 5.56 Å². The predicted molar refractivity (Wildman–Crippen MR) is 138 cm³/mol. The number of fused-ring (bicyclic) bond motifs is 1. The quantitative estimate of drug-likeness (QED) is 0.343. The molecular formula is C29H34N2O5. The number of carbonyl (C=O) groups is 3. The monoisotopic (exact) mass is 490 g/mol. The van der Waals surface area contributed by atoms with Crippen LogP contribution in [0.15, 0.2) is 60.2 Å². The van der Waals surface area contributed by atoms with Crippen LogP contribution >= 0.6 is 0 Å². The second kappa shape index (κ2) is 12.0. The van der Waals surface area contributed by atoms with Gasteiger partial charge in [0.2, 0.25) is 0 Å². The fraction of sp³-hybridized carbons (Fsp3) is 0.414. The molecule has 36 heavy (non-hydrogen) atoms. The summed E-state index contributed by atoms with van der Waals surface area (Å²) in [6, 6.07) is 15.5. The molecule has 7 nitrogen and oxygen atoms in total. The number of hydrogen-bond acceptors (Lipinski definition) is 5. The van der Waals surface area contributed by atoms with Gasteiger partial charge in [0.15, 0.2) is 5.78 Å². The number of benzene rings is 2. The van der Waals surface area contributed by atoms with Crippen LogP contribution in [0.25, 0.3) is 0 Å². The first kappa shape index (κ1) is 25.6. The molecule has 0 amide bonds. The van der Waals surface area contributed by atoms with Crippen molar-refractivity contribution >= 4 is 23.4 Å². The molecule has 1 saturated heterocycles. The molecular weight excluding hydrogens is 456 g/mol. The number of nitrogens with zero attached hydrogens (tertiary/aromatic N) is 1. The molecule has 190 valence electrons. The second-order valence-corrected chi connectivity index (χ2v) is 9.87. The molecule has 0 spiro atoms. The van der Waals surface area contributed by atoms with E-state index in [1.807, 2.05) is 18.2 Å². The molecule has 1 unspecified atom stereocenters. The molecule has 0 bridgehead atoms. The SMILES string of the molecule is O=C(O)C=C(C(=O)O)C1CCCc2ccc(C(=O)CCC3CCN(Cc4ccccc4)CC3)cc2N1. The number of carboxylic acid groups (broad SMARTS) is 2. The second-order valence-electron chi connectivity index (χ2n) is 9.87. The van der Waals surface area contributed by atoms with Crippen LogP contribution in [0.4, 0.5) is 5.69 Å². The Bertz CT molecular complexity index is 1120. The van der Waals surface area contributed by atoms with Gasteiger partial charge in [-0.25, -0.2) is 9.59 Å². The van der Waals surface area contributed by atoms with E-state index in [0.29, 0.717) is 24.3 Å². The number of anilines is 1. The van der Waals surface area contributed by atoms with E-state index in [0.717, 1.165) is 69.1 Å². The van der Waals surface area contributed by atoms with Crippen molar-refractivity contribution in [2.75, 3.05) is 18.4 Å². The number of carboxylic acids is 2. The Labute approximate surface area is 211 Å². The normalized spacial score (nSPS) is 19.1. The Morgan fingerprint density at radius 2 is 1.75 bits per heavy atom. The van der Waals surface area contributed by atoms with E-state index >= 15 is 0 Å². The van der Waals surface area contributed by atoms with Crippen LogP contribution in [0.1, 0.15) is 60.0 Å². The molecule has 2 heterocycles. The summed E-state index contributed by atoms with van der Waals surface area (Å²) >= 11 is 0. The molecule has 7 heteroatoms. The molecule has 4 rings (SSSR count). The molecule has 3 N–H and O–H groups in total. The third-order valence-corrected chi connectivity index (χ3v) is 7.34. The molecule has 0 aromatic heterocycles. The molecule has 2 aliphatic rings. The number of nitrogens with one attached hydrogen (secondary N) is 1. The van der Waals surface area contributed by atoms with Crippen molar-refractivity contribution in [1.82, 2.24) is 4.90 Å². The fourth-order valence-electron chi connectivity index (χ4n) is 5.29. The Morgan fingerprint density at radius 3 is 2.44 bits per heavy atom. The third-order valence-electron chi connectivity index (χ3n) is 7.34. The highest BCUT2D eigenvalue weighted by atomic mass is 16.4. The minimum Gasteiger partial charge on any atom is -0.478 e. The Morgan fingerprint density at radius 1 is 1.00 bits per heavy atom. The van der Waals surface area contributed by atoms with Gasteiger partial charge in [0, 0.05) is 30.3 Å². The van der Waals surface area contributed by atoms with Gasteiger partial charge in [-0.2, -0.15) is 0 Å². The average molecular weight is 491 g/mol. The summed E-state index contributed by atoms with van der Waals surface area (Å²) in [6.07, 6.45) is 6.29. The van der Waals surface area contributed by atoms with Crippen molar-refractivity contribution in [2.45, 2.75) is 57.5 Å². The van der Waals surface area contributed by atoms with Gasteiger partial charge in [0.25, 0.3) is 0 Å². The molecule has 2 aromatic rings. The maximum absolute atomic E-state index is 13.0. The standard InChI is InChI=1S/C29H34N2O5/c32-27(12-9-20-13-15-31(16-14-20)19-21-5-2-1-3-6-21)23-11-10-22-7-4-8-25(30-26(22)17-23)24(29(35)36)18-28(33)34/h1-3,5-6,10-11,17-18,20,25,30H,4,7-9,12-16,19H2,(H,33,34)(H,35,36). The molecule has 0 radical (unpaired) electrons.